The molecule has 1 aromatic carbocycles. The van der Waals surface area contributed by atoms with Crippen LogP contribution in [0.5, 0.6) is 0 Å². The number of anilines is 2. The number of amides is 1. The van der Waals surface area contributed by atoms with E-state index in [1.54, 1.807) is 6.07 Å². The second-order valence-electron chi connectivity index (χ2n) is 7.04. The third-order valence-corrected chi connectivity index (χ3v) is 5.04. The number of carbonyl (C=O) groups excluding carboxylic acids is 1. The highest BCUT2D eigenvalue weighted by atomic mass is 19.4. The molecule has 3 rings (SSSR count). The first kappa shape index (κ1) is 17.1. The van der Waals surface area contributed by atoms with E-state index in [0.29, 0.717) is 19.0 Å². The number of hydrogen-bond acceptors (Lipinski definition) is 2. The molecule has 1 aromatic rings. The van der Waals surface area contributed by atoms with E-state index in [1.807, 2.05) is 4.90 Å². The summed E-state index contributed by atoms with van der Waals surface area (Å²) in [6, 6.07) is 4.16. The lowest BCUT2D eigenvalue weighted by atomic mass is 9.85. The molecule has 0 aromatic heterocycles. The molecule has 1 saturated carbocycles. The summed E-state index contributed by atoms with van der Waals surface area (Å²) in [5, 5.41) is 2.64. The van der Waals surface area contributed by atoms with Crippen molar-refractivity contribution in [3.63, 3.8) is 0 Å². The largest absolute Gasteiger partial charge is 0.418 e. The van der Waals surface area contributed by atoms with Crippen LogP contribution in [0.2, 0.25) is 0 Å². The third kappa shape index (κ3) is 3.68. The predicted octanol–water partition coefficient (Wildman–Crippen LogP) is 4.68. The molecule has 6 heteroatoms. The maximum atomic E-state index is 13.5. The van der Waals surface area contributed by atoms with E-state index in [4.69, 9.17) is 0 Å². The molecule has 0 bridgehead atoms. The molecule has 3 nitrogen and oxygen atoms in total. The van der Waals surface area contributed by atoms with Crippen molar-refractivity contribution in [1.82, 2.24) is 0 Å². The third-order valence-electron chi connectivity index (χ3n) is 5.04. The van der Waals surface area contributed by atoms with E-state index in [-0.39, 0.29) is 23.2 Å². The van der Waals surface area contributed by atoms with E-state index in [1.165, 1.54) is 6.07 Å². The van der Waals surface area contributed by atoms with Gasteiger partial charge in [-0.1, -0.05) is 13.3 Å². The Morgan fingerprint density at radius 2 is 1.96 bits per heavy atom. The van der Waals surface area contributed by atoms with Gasteiger partial charge in [-0.25, -0.2) is 0 Å². The van der Waals surface area contributed by atoms with Crippen LogP contribution < -0.4 is 10.2 Å². The molecule has 1 saturated heterocycles. The molecule has 132 valence electrons. The number of halogens is 3. The quantitative estimate of drug-likeness (QED) is 0.866. The molecule has 1 unspecified atom stereocenters. The Morgan fingerprint density at radius 3 is 2.54 bits per heavy atom. The number of alkyl halides is 3. The lowest BCUT2D eigenvalue weighted by Crippen LogP contribution is -2.35. The summed E-state index contributed by atoms with van der Waals surface area (Å²) in [5.74, 6) is 0.161. The van der Waals surface area contributed by atoms with Crippen molar-refractivity contribution in [2.75, 3.05) is 23.3 Å². The summed E-state index contributed by atoms with van der Waals surface area (Å²) in [5.41, 5.74) is -0.216. The molecule has 2 fully saturated rings. The van der Waals surface area contributed by atoms with Gasteiger partial charge in [-0.2, -0.15) is 13.2 Å². The van der Waals surface area contributed by atoms with Crippen LogP contribution in [0.25, 0.3) is 0 Å². The van der Waals surface area contributed by atoms with E-state index >= 15 is 0 Å². The van der Waals surface area contributed by atoms with E-state index in [0.717, 1.165) is 38.2 Å². The molecule has 0 spiro atoms. The first-order valence-corrected chi connectivity index (χ1v) is 8.61. The van der Waals surface area contributed by atoms with Crippen molar-refractivity contribution < 1.29 is 18.0 Å². The SMILES string of the molecule is CC1CCCN(c2ccc(NC(=O)C3CCC3)cc2C(F)(F)F)C1. The van der Waals surface area contributed by atoms with E-state index in [9.17, 15) is 18.0 Å². The molecule has 1 aliphatic heterocycles. The number of nitrogens with one attached hydrogen (secondary N) is 1. The van der Waals surface area contributed by atoms with E-state index < -0.39 is 11.7 Å². The normalized spacial score (nSPS) is 22.2. The number of benzene rings is 1. The van der Waals surface area contributed by atoms with E-state index in [2.05, 4.69) is 12.2 Å². The maximum Gasteiger partial charge on any atom is 0.418 e. The van der Waals surface area contributed by atoms with Gasteiger partial charge in [0, 0.05) is 30.4 Å². The highest BCUT2D eigenvalue weighted by Gasteiger charge is 2.36. The van der Waals surface area contributed by atoms with Gasteiger partial charge in [0.15, 0.2) is 0 Å². The Kier molecular flexibility index (Phi) is 4.74. The predicted molar refractivity (Wildman–Crippen MR) is 88.0 cm³/mol. The molecule has 1 N–H and O–H groups in total. The first-order chi connectivity index (χ1) is 11.3. The summed E-state index contributed by atoms with van der Waals surface area (Å²) in [6.07, 6.45) is 0.167. The van der Waals surface area contributed by atoms with Gasteiger partial charge in [-0.15, -0.1) is 0 Å². The summed E-state index contributed by atoms with van der Waals surface area (Å²) in [7, 11) is 0. The van der Waals surface area contributed by atoms with Gasteiger partial charge in [0.25, 0.3) is 0 Å². The lowest BCUT2D eigenvalue weighted by Gasteiger charge is -2.34. The number of carbonyl (C=O) groups is 1. The van der Waals surface area contributed by atoms with Crippen molar-refractivity contribution in [3.8, 4) is 0 Å². The van der Waals surface area contributed by atoms with Crippen molar-refractivity contribution in [3.05, 3.63) is 23.8 Å². The first-order valence-electron chi connectivity index (χ1n) is 8.61. The summed E-state index contributed by atoms with van der Waals surface area (Å²) in [6.45, 7) is 3.34. The fourth-order valence-electron chi connectivity index (χ4n) is 3.44. The standard InChI is InChI=1S/C18H23F3N2O/c1-12-4-3-9-23(11-12)16-8-7-14(10-15(16)18(19,20)21)22-17(24)13-5-2-6-13/h7-8,10,12-13H,2-6,9,11H2,1H3,(H,22,24). The molecule has 1 atom stereocenters. The molecular formula is C18H23F3N2O. The van der Waals surface area contributed by atoms with Crippen LogP contribution in [0.15, 0.2) is 18.2 Å². The van der Waals surface area contributed by atoms with Crippen LogP contribution in [0.1, 0.15) is 44.6 Å². The van der Waals surface area contributed by atoms with Crippen LogP contribution >= 0.6 is 0 Å². The molecule has 0 radical (unpaired) electrons. The second kappa shape index (κ2) is 6.65. The average Bonchev–Trinajstić information content (AvgIpc) is 2.44. The number of nitrogens with zero attached hydrogens (tertiary/aromatic N) is 1. The zero-order valence-corrected chi connectivity index (χ0v) is 13.8. The Morgan fingerprint density at radius 1 is 1.21 bits per heavy atom. The summed E-state index contributed by atoms with van der Waals surface area (Å²) < 4.78 is 40.5. The summed E-state index contributed by atoms with van der Waals surface area (Å²) >= 11 is 0. The maximum absolute atomic E-state index is 13.5. The van der Waals surface area contributed by atoms with Crippen molar-refractivity contribution in [2.45, 2.75) is 45.2 Å². The average molecular weight is 340 g/mol. The van der Waals surface area contributed by atoms with Crippen molar-refractivity contribution >= 4 is 17.3 Å². The van der Waals surface area contributed by atoms with Crippen LogP contribution in [-0.2, 0) is 11.0 Å². The van der Waals surface area contributed by atoms with Crippen LogP contribution in [-0.4, -0.2) is 19.0 Å². The topological polar surface area (TPSA) is 32.3 Å². The van der Waals surface area contributed by atoms with Gasteiger partial charge in [-0.3, -0.25) is 4.79 Å². The molecule has 1 aliphatic carbocycles. The zero-order valence-electron chi connectivity index (χ0n) is 13.8. The number of piperidine rings is 1. The highest BCUT2D eigenvalue weighted by Crippen LogP contribution is 2.40. The summed E-state index contributed by atoms with van der Waals surface area (Å²) in [4.78, 5) is 13.8. The second-order valence-corrected chi connectivity index (χ2v) is 7.04. The lowest BCUT2D eigenvalue weighted by molar-refractivity contribution is -0.137. The Labute approximate surface area is 140 Å². The Balaban J connectivity index is 1.84. The molecular weight excluding hydrogens is 317 g/mol. The van der Waals surface area contributed by atoms with Gasteiger partial charge in [-0.05, 0) is 49.8 Å². The van der Waals surface area contributed by atoms with Crippen LogP contribution in [0.3, 0.4) is 0 Å². The Bertz CT molecular complexity index is 611. The minimum absolute atomic E-state index is 0.0537. The van der Waals surface area contributed by atoms with Gasteiger partial charge >= 0.3 is 6.18 Å². The monoisotopic (exact) mass is 340 g/mol. The van der Waals surface area contributed by atoms with Gasteiger partial charge in [0.2, 0.25) is 5.91 Å². The van der Waals surface area contributed by atoms with Gasteiger partial charge in [0.05, 0.1) is 5.56 Å². The minimum Gasteiger partial charge on any atom is -0.371 e. The number of hydrogen-bond donors (Lipinski definition) is 1. The molecule has 1 heterocycles. The molecule has 24 heavy (non-hydrogen) atoms. The molecule has 2 aliphatic rings. The zero-order chi connectivity index (χ0) is 17.3. The van der Waals surface area contributed by atoms with Crippen LogP contribution in [0, 0.1) is 11.8 Å². The Hall–Kier alpha value is -1.72. The smallest absolute Gasteiger partial charge is 0.371 e. The minimum atomic E-state index is -4.44. The van der Waals surface area contributed by atoms with Gasteiger partial charge in [0.1, 0.15) is 0 Å². The fourth-order valence-corrected chi connectivity index (χ4v) is 3.44. The molecule has 1 amide bonds. The van der Waals surface area contributed by atoms with Crippen molar-refractivity contribution in [2.24, 2.45) is 11.8 Å². The number of rotatable bonds is 3. The van der Waals surface area contributed by atoms with Gasteiger partial charge < -0.3 is 10.2 Å². The highest BCUT2D eigenvalue weighted by molar-refractivity contribution is 5.93. The van der Waals surface area contributed by atoms with Crippen LogP contribution in [0.4, 0.5) is 24.5 Å². The fraction of sp³-hybridized carbons (Fsp3) is 0.611. The van der Waals surface area contributed by atoms with Crippen molar-refractivity contribution in [1.29, 1.82) is 0 Å².